The van der Waals surface area contributed by atoms with Gasteiger partial charge in [-0.15, -0.1) is 0 Å². The van der Waals surface area contributed by atoms with Crippen LogP contribution in [0.3, 0.4) is 0 Å². The summed E-state index contributed by atoms with van der Waals surface area (Å²) in [5.41, 5.74) is 8.16. The first kappa shape index (κ1) is 8.52. The Labute approximate surface area is 79.3 Å². The predicted molar refractivity (Wildman–Crippen MR) is 56.5 cm³/mol. The van der Waals surface area contributed by atoms with Gasteiger partial charge in [0.15, 0.2) is 0 Å². The maximum Gasteiger partial charge on any atom is 0.0110 e. The van der Waals surface area contributed by atoms with Gasteiger partial charge in [0.25, 0.3) is 0 Å². The lowest BCUT2D eigenvalue weighted by atomic mass is 10.1. The molecule has 1 nitrogen and oxygen atoms in total. The number of rotatable bonds is 3. The summed E-state index contributed by atoms with van der Waals surface area (Å²) in [6.07, 6.45) is 6.81. The molecule has 0 saturated heterocycles. The van der Waals surface area contributed by atoms with E-state index < -0.39 is 0 Å². The van der Waals surface area contributed by atoms with E-state index in [2.05, 4.69) is 30.3 Å². The van der Waals surface area contributed by atoms with Crippen molar-refractivity contribution in [3.8, 4) is 0 Å². The molecule has 1 aromatic rings. The van der Waals surface area contributed by atoms with Crippen molar-refractivity contribution in [2.24, 2.45) is 5.73 Å². The number of nitrogens with two attached hydrogens (primary N) is 1. The van der Waals surface area contributed by atoms with Crippen LogP contribution in [-0.4, -0.2) is 6.54 Å². The lowest BCUT2D eigenvalue weighted by Gasteiger charge is -1.99. The van der Waals surface area contributed by atoms with Crippen LogP contribution < -0.4 is 5.73 Å². The van der Waals surface area contributed by atoms with Crippen LogP contribution in [0, 0.1) is 0 Å². The van der Waals surface area contributed by atoms with Crippen LogP contribution in [-0.2, 0) is 0 Å². The summed E-state index contributed by atoms with van der Waals surface area (Å²) in [7, 11) is 0. The Morgan fingerprint density at radius 2 is 2.23 bits per heavy atom. The van der Waals surface area contributed by atoms with E-state index in [0.717, 1.165) is 5.92 Å². The normalized spacial score (nSPS) is 16.7. The fraction of sp³-hybridized carbons (Fsp3) is 0.333. The van der Waals surface area contributed by atoms with Crippen LogP contribution in [0.5, 0.6) is 0 Å². The highest BCUT2D eigenvalue weighted by molar-refractivity contribution is 5.51. The summed E-state index contributed by atoms with van der Waals surface area (Å²) >= 11 is 0. The second-order valence-corrected chi connectivity index (χ2v) is 3.58. The summed E-state index contributed by atoms with van der Waals surface area (Å²) in [5, 5.41) is 0. The monoisotopic (exact) mass is 173 g/mol. The van der Waals surface area contributed by atoms with Crippen molar-refractivity contribution < 1.29 is 0 Å². The molecule has 0 atom stereocenters. The van der Waals surface area contributed by atoms with Crippen molar-refractivity contribution in [1.82, 2.24) is 0 Å². The summed E-state index contributed by atoms with van der Waals surface area (Å²) in [4.78, 5) is 0. The molecule has 0 radical (unpaired) electrons. The molecule has 1 aliphatic rings. The molecule has 0 bridgehead atoms. The van der Waals surface area contributed by atoms with E-state index in [-0.39, 0.29) is 0 Å². The van der Waals surface area contributed by atoms with Gasteiger partial charge in [0.05, 0.1) is 0 Å². The quantitative estimate of drug-likeness (QED) is 0.746. The van der Waals surface area contributed by atoms with Crippen LogP contribution in [0.4, 0.5) is 0 Å². The van der Waals surface area contributed by atoms with E-state index in [1.54, 1.807) is 0 Å². The van der Waals surface area contributed by atoms with E-state index in [0.29, 0.717) is 6.54 Å². The molecule has 0 spiro atoms. The van der Waals surface area contributed by atoms with E-state index in [1.807, 2.05) is 6.08 Å². The van der Waals surface area contributed by atoms with Crippen molar-refractivity contribution in [2.75, 3.05) is 6.54 Å². The van der Waals surface area contributed by atoms with Crippen LogP contribution in [0.25, 0.3) is 6.08 Å². The minimum absolute atomic E-state index is 0.619. The summed E-state index contributed by atoms with van der Waals surface area (Å²) in [5.74, 6) is 0.839. The first-order valence-electron chi connectivity index (χ1n) is 4.87. The molecule has 1 saturated carbocycles. The Balaban J connectivity index is 2.16. The van der Waals surface area contributed by atoms with Gasteiger partial charge in [-0.3, -0.25) is 0 Å². The Kier molecular flexibility index (Phi) is 2.46. The average Bonchev–Trinajstić information content (AvgIpc) is 2.98. The van der Waals surface area contributed by atoms with E-state index in [9.17, 15) is 0 Å². The Hall–Kier alpha value is -1.08. The topological polar surface area (TPSA) is 26.0 Å². The second-order valence-electron chi connectivity index (χ2n) is 3.58. The molecule has 68 valence electrons. The number of benzene rings is 1. The number of hydrogen-bond donors (Lipinski definition) is 1. The first-order chi connectivity index (χ1) is 6.40. The van der Waals surface area contributed by atoms with Gasteiger partial charge in [-0.25, -0.2) is 0 Å². The molecule has 2 rings (SSSR count). The van der Waals surface area contributed by atoms with Gasteiger partial charge in [-0.1, -0.05) is 36.4 Å². The molecule has 1 fully saturated rings. The van der Waals surface area contributed by atoms with E-state index in [1.165, 1.54) is 24.0 Å². The van der Waals surface area contributed by atoms with Crippen molar-refractivity contribution in [3.63, 3.8) is 0 Å². The van der Waals surface area contributed by atoms with Crippen LogP contribution in [0.2, 0.25) is 0 Å². The van der Waals surface area contributed by atoms with E-state index in [4.69, 9.17) is 5.73 Å². The molecule has 0 amide bonds. The molecule has 0 aliphatic heterocycles. The molecule has 0 heterocycles. The van der Waals surface area contributed by atoms with Gasteiger partial charge in [-0.05, 0) is 29.9 Å². The highest BCUT2D eigenvalue weighted by Gasteiger charge is 2.22. The standard InChI is InChI=1S/C12H15N/c13-8-2-4-10-3-1-5-12(9-10)11-6-7-11/h1-5,9,11H,6-8,13H2. The van der Waals surface area contributed by atoms with Crippen LogP contribution in [0.1, 0.15) is 29.9 Å². The number of hydrogen-bond acceptors (Lipinski definition) is 1. The smallest absolute Gasteiger partial charge is 0.0110 e. The Morgan fingerprint density at radius 3 is 2.92 bits per heavy atom. The fourth-order valence-electron chi connectivity index (χ4n) is 1.54. The lowest BCUT2D eigenvalue weighted by Crippen LogP contribution is -1.92. The molecule has 13 heavy (non-hydrogen) atoms. The van der Waals surface area contributed by atoms with Gasteiger partial charge in [-0.2, -0.15) is 0 Å². The molecule has 0 unspecified atom stereocenters. The summed E-state index contributed by atoms with van der Waals surface area (Å²) in [6, 6.07) is 8.74. The van der Waals surface area contributed by atoms with Gasteiger partial charge < -0.3 is 5.73 Å². The highest BCUT2D eigenvalue weighted by atomic mass is 14.5. The predicted octanol–water partition coefficient (Wildman–Crippen LogP) is 2.54. The van der Waals surface area contributed by atoms with E-state index >= 15 is 0 Å². The third-order valence-corrected chi connectivity index (χ3v) is 2.41. The third-order valence-electron chi connectivity index (χ3n) is 2.41. The van der Waals surface area contributed by atoms with Crippen LogP contribution in [0.15, 0.2) is 30.3 Å². The molecular formula is C12H15N. The zero-order chi connectivity index (χ0) is 9.10. The van der Waals surface area contributed by atoms with Crippen molar-refractivity contribution >= 4 is 6.08 Å². The molecule has 1 aromatic carbocycles. The second kappa shape index (κ2) is 3.75. The SMILES string of the molecule is NCC=Cc1cccc(C2CC2)c1. The van der Waals surface area contributed by atoms with Gasteiger partial charge in [0.1, 0.15) is 0 Å². The van der Waals surface area contributed by atoms with Gasteiger partial charge in [0.2, 0.25) is 0 Å². The Morgan fingerprint density at radius 1 is 1.38 bits per heavy atom. The molecule has 0 aromatic heterocycles. The minimum Gasteiger partial charge on any atom is -0.327 e. The Bertz CT molecular complexity index is 311. The zero-order valence-electron chi connectivity index (χ0n) is 7.74. The van der Waals surface area contributed by atoms with Gasteiger partial charge >= 0.3 is 0 Å². The molecular weight excluding hydrogens is 158 g/mol. The van der Waals surface area contributed by atoms with Crippen LogP contribution >= 0.6 is 0 Å². The van der Waals surface area contributed by atoms with Crippen molar-refractivity contribution in [1.29, 1.82) is 0 Å². The van der Waals surface area contributed by atoms with Gasteiger partial charge in [0, 0.05) is 6.54 Å². The lowest BCUT2D eigenvalue weighted by molar-refractivity contribution is 1.13. The highest BCUT2D eigenvalue weighted by Crippen LogP contribution is 2.40. The summed E-state index contributed by atoms with van der Waals surface area (Å²) in [6.45, 7) is 0.619. The maximum atomic E-state index is 5.40. The maximum absolute atomic E-state index is 5.40. The fourth-order valence-corrected chi connectivity index (χ4v) is 1.54. The molecule has 1 heteroatoms. The minimum atomic E-state index is 0.619. The average molecular weight is 173 g/mol. The largest absolute Gasteiger partial charge is 0.327 e. The first-order valence-corrected chi connectivity index (χ1v) is 4.87. The summed E-state index contributed by atoms with van der Waals surface area (Å²) < 4.78 is 0. The zero-order valence-corrected chi connectivity index (χ0v) is 7.74. The van der Waals surface area contributed by atoms with Crippen molar-refractivity contribution in [2.45, 2.75) is 18.8 Å². The third kappa shape index (κ3) is 2.19. The molecule has 1 aliphatic carbocycles. The van der Waals surface area contributed by atoms with Crippen molar-refractivity contribution in [3.05, 3.63) is 41.5 Å². The molecule has 2 N–H and O–H groups in total.